The van der Waals surface area contributed by atoms with Gasteiger partial charge in [-0.2, -0.15) is 0 Å². The molecular formula is C19H21BrN2O6. The van der Waals surface area contributed by atoms with Crippen molar-refractivity contribution in [2.45, 2.75) is 20.8 Å². The second-order valence-corrected chi connectivity index (χ2v) is 6.07. The first-order chi connectivity index (χ1) is 13.3. The highest BCUT2D eigenvalue weighted by Gasteiger charge is 2.15. The third-order valence-corrected chi connectivity index (χ3v) is 3.97. The number of nitrogens with one attached hydrogen (secondary N) is 1. The van der Waals surface area contributed by atoms with Gasteiger partial charge in [0.2, 0.25) is 0 Å². The third-order valence-electron chi connectivity index (χ3n) is 3.38. The first-order valence-corrected chi connectivity index (χ1v) is 9.18. The number of rotatable bonds is 6. The molecule has 1 N–H and O–H groups in total. The normalized spacial score (nSPS) is 9.61. The van der Waals surface area contributed by atoms with E-state index in [-0.39, 0.29) is 12.2 Å². The van der Waals surface area contributed by atoms with E-state index in [2.05, 4.69) is 26.0 Å². The van der Waals surface area contributed by atoms with Gasteiger partial charge in [-0.05, 0) is 52.7 Å². The van der Waals surface area contributed by atoms with Crippen LogP contribution in [0, 0.1) is 17.0 Å². The van der Waals surface area contributed by atoms with Crippen molar-refractivity contribution in [2.75, 3.05) is 13.7 Å². The summed E-state index contributed by atoms with van der Waals surface area (Å²) in [4.78, 5) is 33.4. The summed E-state index contributed by atoms with van der Waals surface area (Å²) >= 11 is 3.35. The van der Waals surface area contributed by atoms with Crippen LogP contribution >= 0.6 is 15.9 Å². The lowest BCUT2D eigenvalue weighted by Gasteiger charge is -2.13. The summed E-state index contributed by atoms with van der Waals surface area (Å²) in [5, 5.41) is 13.1. The molecule has 2 aromatic rings. The standard InChI is InChI=1S/C17H15BrN2O6.C2H6/c1-10-7-11(17(22)19-9-15(21)25-2)8-14(18)16(10)26-13-5-3-12(4-6-13)20(23)24;1-2/h3-8H,9H2,1-2H3,(H,19,22);1-2H3. The molecule has 0 aliphatic rings. The van der Waals surface area contributed by atoms with Crippen molar-refractivity contribution in [1.29, 1.82) is 0 Å². The maximum Gasteiger partial charge on any atom is 0.325 e. The van der Waals surface area contributed by atoms with Gasteiger partial charge in [0.05, 0.1) is 16.5 Å². The molecule has 28 heavy (non-hydrogen) atoms. The fraction of sp³-hybridized carbons (Fsp3) is 0.263. The highest BCUT2D eigenvalue weighted by molar-refractivity contribution is 9.10. The summed E-state index contributed by atoms with van der Waals surface area (Å²) in [5.74, 6) is -0.0842. The Hall–Kier alpha value is -2.94. The molecule has 2 aromatic carbocycles. The van der Waals surface area contributed by atoms with E-state index in [0.29, 0.717) is 27.1 Å². The van der Waals surface area contributed by atoms with Gasteiger partial charge in [-0.25, -0.2) is 0 Å². The predicted molar refractivity (Wildman–Crippen MR) is 108 cm³/mol. The zero-order chi connectivity index (χ0) is 21.3. The second-order valence-electron chi connectivity index (χ2n) is 5.22. The van der Waals surface area contributed by atoms with Gasteiger partial charge in [-0.3, -0.25) is 19.7 Å². The number of nitrogens with zero attached hydrogens (tertiary/aromatic N) is 1. The van der Waals surface area contributed by atoms with Crippen LogP contribution < -0.4 is 10.1 Å². The number of ether oxygens (including phenoxy) is 2. The first-order valence-electron chi connectivity index (χ1n) is 8.39. The highest BCUT2D eigenvalue weighted by atomic mass is 79.9. The average Bonchev–Trinajstić information content (AvgIpc) is 2.70. The Labute approximate surface area is 171 Å². The molecular weight excluding hydrogens is 432 g/mol. The van der Waals surface area contributed by atoms with Crippen LogP contribution in [-0.2, 0) is 9.53 Å². The lowest BCUT2D eigenvalue weighted by molar-refractivity contribution is -0.384. The lowest BCUT2D eigenvalue weighted by Crippen LogP contribution is -2.30. The summed E-state index contributed by atoms with van der Waals surface area (Å²) in [6.07, 6.45) is 0. The van der Waals surface area contributed by atoms with E-state index >= 15 is 0 Å². The number of carbonyl (C=O) groups is 2. The van der Waals surface area contributed by atoms with Crippen LogP contribution in [0.15, 0.2) is 40.9 Å². The van der Waals surface area contributed by atoms with E-state index in [1.165, 1.54) is 31.4 Å². The molecule has 0 aliphatic heterocycles. The fourth-order valence-electron chi connectivity index (χ4n) is 2.07. The van der Waals surface area contributed by atoms with Crippen molar-refractivity contribution in [3.8, 4) is 11.5 Å². The fourth-order valence-corrected chi connectivity index (χ4v) is 2.71. The number of carbonyl (C=O) groups excluding carboxylic acids is 2. The molecule has 9 heteroatoms. The first kappa shape index (κ1) is 23.1. The maximum absolute atomic E-state index is 12.1. The van der Waals surface area contributed by atoms with Gasteiger partial charge in [0.25, 0.3) is 11.6 Å². The molecule has 0 fully saturated rings. The largest absolute Gasteiger partial charge is 0.468 e. The van der Waals surface area contributed by atoms with E-state index in [4.69, 9.17) is 4.74 Å². The predicted octanol–water partition coefficient (Wildman–Crippen LogP) is 4.39. The molecule has 0 heterocycles. The molecule has 0 saturated carbocycles. The van der Waals surface area contributed by atoms with Crippen LogP contribution in [0.2, 0.25) is 0 Å². The summed E-state index contributed by atoms with van der Waals surface area (Å²) in [6.45, 7) is 5.52. The van der Waals surface area contributed by atoms with Crippen molar-refractivity contribution in [1.82, 2.24) is 5.32 Å². The van der Waals surface area contributed by atoms with E-state index in [1.807, 2.05) is 13.8 Å². The molecule has 0 aliphatic carbocycles. The van der Waals surface area contributed by atoms with Crippen LogP contribution in [0.3, 0.4) is 0 Å². The van der Waals surface area contributed by atoms with Gasteiger partial charge >= 0.3 is 5.97 Å². The third kappa shape index (κ3) is 6.34. The Balaban J connectivity index is 0.00000190. The molecule has 0 spiro atoms. The van der Waals surface area contributed by atoms with Gasteiger partial charge in [-0.1, -0.05) is 13.8 Å². The van der Waals surface area contributed by atoms with Crippen LogP contribution in [0.25, 0.3) is 0 Å². The van der Waals surface area contributed by atoms with E-state index < -0.39 is 16.8 Å². The van der Waals surface area contributed by atoms with Crippen molar-refractivity contribution in [2.24, 2.45) is 0 Å². The molecule has 1 amide bonds. The number of benzene rings is 2. The number of methoxy groups -OCH3 is 1. The zero-order valence-electron chi connectivity index (χ0n) is 15.9. The summed E-state index contributed by atoms with van der Waals surface area (Å²) < 4.78 is 10.7. The monoisotopic (exact) mass is 452 g/mol. The average molecular weight is 453 g/mol. The molecule has 0 aromatic heterocycles. The van der Waals surface area contributed by atoms with E-state index in [9.17, 15) is 19.7 Å². The minimum atomic E-state index is -0.549. The van der Waals surface area contributed by atoms with Gasteiger partial charge in [0.1, 0.15) is 18.0 Å². The Kier molecular flexibility index (Phi) is 9.10. The molecule has 8 nitrogen and oxygen atoms in total. The quantitative estimate of drug-likeness (QED) is 0.395. The molecule has 2 rings (SSSR count). The van der Waals surface area contributed by atoms with Crippen LogP contribution in [0.4, 0.5) is 5.69 Å². The van der Waals surface area contributed by atoms with Crippen LogP contribution in [0.5, 0.6) is 11.5 Å². The van der Waals surface area contributed by atoms with Gasteiger partial charge in [0.15, 0.2) is 0 Å². The SMILES string of the molecule is CC.COC(=O)CNC(=O)c1cc(C)c(Oc2ccc([N+](=O)[O-])cc2)c(Br)c1. The van der Waals surface area contributed by atoms with Crippen molar-refractivity contribution in [3.05, 3.63) is 62.1 Å². The highest BCUT2D eigenvalue weighted by Crippen LogP contribution is 2.34. The smallest absolute Gasteiger partial charge is 0.325 e. The van der Waals surface area contributed by atoms with Crippen LogP contribution in [-0.4, -0.2) is 30.5 Å². The Morgan fingerprint density at radius 2 is 1.79 bits per heavy atom. The molecule has 0 radical (unpaired) electrons. The summed E-state index contributed by atoms with van der Waals surface area (Å²) in [5.41, 5.74) is 0.973. The summed E-state index contributed by atoms with van der Waals surface area (Å²) in [6, 6.07) is 8.82. The minimum absolute atomic E-state index is 0.0363. The minimum Gasteiger partial charge on any atom is -0.468 e. The number of hydrogen-bond acceptors (Lipinski definition) is 6. The molecule has 0 atom stereocenters. The Morgan fingerprint density at radius 1 is 1.18 bits per heavy atom. The number of amides is 1. The Morgan fingerprint density at radius 3 is 2.29 bits per heavy atom. The molecule has 0 unspecified atom stereocenters. The Bertz CT molecular complexity index is 829. The van der Waals surface area contributed by atoms with Gasteiger partial charge in [-0.15, -0.1) is 0 Å². The second kappa shape index (κ2) is 11.0. The van der Waals surface area contributed by atoms with Gasteiger partial charge in [0, 0.05) is 17.7 Å². The number of non-ortho nitro benzene ring substituents is 1. The molecule has 0 saturated heterocycles. The van der Waals surface area contributed by atoms with Crippen molar-refractivity contribution in [3.63, 3.8) is 0 Å². The summed E-state index contributed by atoms with van der Waals surface area (Å²) in [7, 11) is 1.24. The van der Waals surface area contributed by atoms with Crippen LogP contribution in [0.1, 0.15) is 29.8 Å². The van der Waals surface area contributed by atoms with Gasteiger partial charge < -0.3 is 14.8 Å². The van der Waals surface area contributed by atoms with Crippen molar-refractivity contribution >= 4 is 33.5 Å². The van der Waals surface area contributed by atoms with E-state index in [1.54, 1.807) is 19.1 Å². The van der Waals surface area contributed by atoms with E-state index in [0.717, 1.165) is 0 Å². The van der Waals surface area contributed by atoms with Crippen molar-refractivity contribution < 1.29 is 24.0 Å². The number of aryl methyl sites for hydroxylation is 1. The molecule has 0 bridgehead atoms. The number of esters is 1. The zero-order valence-corrected chi connectivity index (χ0v) is 17.5. The number of hydrogen-bond donors (Lipinski definition) is 1. The molecule has 150 valence electrons. The maximum atomic E-state index is 12.1. The lowest BCUT2D eigenvalue weighted by atomic mass is 10.1. The number of nitro benzene ring substituents is 1. The number of halogens is 1. The topological polar surface area (TPSA) is 108 Å². The number of nitro groups is 1.